The van der Waals surface area contributed by atoms with Crippen LogP contribution in [0.4, 0.5) is 0 Å². The number of ether oxygens (including phenoxy) is 2. The Morgan fingerprint density at radius 3 is 1.37 bits per heavy atom. The monoisotopic (exact) mass is 978 g/mol. The predicted molar refractivity (Wildman–Crippen MR) is 294 cm³/mol. The van der Waals surface area contributed by atoms with E-state index >= 15 is 0 Å². The molecule has 0 aromatic carbocycles. The molecule has 6 N–H and O–H groups in total. The number of amides is 1. The smallest absolute Gasteiger partial charge is 0.220 e. The molecular formula is C61H103NO8. The molecule has 0 saturated carbocycles. The van der Waals surface area contributed by atoms with E-state index in [-0.39, 0.29) is 12.5 Å². The van der Waals surface area contributed by atoms with Crippen molar-refractivity contribution in [2.75, 3.05) is 13.2 Å². The van der Waals surface area contributed by atoms with Crippen LogP contribution in [0.5, 0.6) is 0 Å². The lowest BCUT2D eigenvalue weighted by Crippen LogP contribution is -2.60. The minimum absolute atomic E-state index is 0.194. The van der Waals surface area contributed by atoms with Crippen molar-refractivity contribution < 1.29 is 39.8 Å². The number of nitrogens with one attached hydrogen (secondary N) is 1. The van der Waals surface area contributed by atoms with E-state index in [9.17, 15) is 30.3 Å². The second-order valence-corrected chi connectivity index (χ2v) is 19.0. The first-order valence-electron chi connectivity index (χ1n) is 28.1. The number of aliphatic hydroxyl groups excluding tert-OH is 5. The summed E-state index contributed by atoms with van der Waals surface area (Å²) in [4.78, 5) is 13.0. The third-order valence-corrected chi connectivity index (χ3v) is 12.6. The first kappa shape index (κ1) is 64.9. The molecular weight excluding hydrogens is 875 g/mol. The Hall–Kier alpha value is -3.15. The van der Waals surface area contributed by atoms with Gasteiger partial charge in [0.1, 0.15) is 24.4 Å². The van der Waals surface area contributed by atoms with Crippen molar-refractivity contribution in [3.05, 3.63) is 109 Å². The van der Waals surface area contributed by atoms with E-state index in [0.717, 1.165) is 83.5 Å². The van der Waals surface area contributed by atoms with Gasteiger partial charge in [0, 0.05) is 6.42 Å². The number of hydrogen-bond acceptors (Lipinski definition) is 8. The first-order valence-corrected chi connectivity index (χ1v) is 28.1. The van der Waals surface area contributed by atoms with E-state index in [4.69, 9.17) is 9.47 Å². The molecule has 0 aromatic heterocycles. The fraction of sp³-hybridized carbons (Fsp3) is 0.689. The molecule has 7 unspecified atom stereocenters. The largest absolute Gasteiger partial charge is 0.394 e. The highest BCUT2D eigenvalue weighted by atomic mass is 16.7. The minimum atomic E-state index is -1.58. The maximum absolute atomic E-state index is 13.0. The molecule has 0 aliphatic carbocycles. The first-order chi connectivity index (χ1) is 34.3. The molecule has 0 spiro atoms. The molecule has 0 bridgehead atoms. The average Bonchev–Trinajstić information content (AvgIpc) is 3.36. The van der Waals surface area contributed by atoms with Gasteiger partial charge in [0.2, 0.25) is 5.91 Å². The molecule has 7 atom stereocenters. The highest BCUT2D eigenvalue weighted by molar-refractivity contribution is 5.76. The Morgan fingerprint density at radius 2 is 0.900 bits per heavy atom. The highest BCUT2D eigenvalue weighted by Crippen LogP contribution is 2.23. The van der Waals surface area contributed by atoms with E-state index < -0.39 is 49.5 Å². The van der Waals surface area contributed by atoms with Crippen LogP contribution in [0.3, 0.4) is 0 Å². The number of carbonyl (C=O) groups excluding carboxylic acids is 1. The summed E-state index contributed by atoms with van der Waals surface area (Å²) < 4.78 is 11.2. The van der Waals surface area contributed by atoms with Crippen LogP contribution in [0.25, 0.3) is 0 Å². The van der Waals surface area contributed by atoms with Crippen molar-refractivity contribution in [1.29, 1.82) is 0 Å². The van der Waals surface area contributed by atoms with Crippen molar-refractivity contribution in [3.63, 3.8) is 0 Å². The average molecular weight is 978 g/mol. The van der Waals surface area contributed by atoms with E-state index in [2.05, 4.69) is 116 Å². The van der Waals surface area contributed by atoms with E-state index in [0.29, 0.717) is 6.42 Å². The maximum atomic E-state index is 13.0. The molecule has 1 rings (SSSR count). The van der Waals surface area contributed by atoms with Crippen LogP contribution in [0.2, 0.25) is 0 Å². The zero-order valence-corrected chi connectivity index (χ0v) is 44.2. The molecule has 0 radical (unpaired) electrons. The van der Waals surface area contributed by atoms with Crippen molar-refractivity contribution in [2.24, 2.45) is 0 Å². The summed E-state index contributed by atoms with van der Waals surface area (Å²) >= 11 is 0. The van der Waals surface area contributed by atoms with Gasteiger partial charge in [-0.05, 0) is 89.9 Å². The quantitative estimate of drug-likeness (QED) is 0.0261. The molecule has 0 aromatic rings. The van der Waals surface area contributed by atoms with E-state index in [1.165, 1.54) is 109 Å². The van der Waals surface area contributed by atoms with Gasteiger partial charge in [-0.25, -0.2) is 0 Å². The molecule has 1 fully saturated rings. The topological polar surface area (TPSA) is 149 Å². The molecule has 400 valence electrons. The number of hydrogen-bond donors (Lipinski definition) is 6. The molecule has 1 saturated heterocycles. The number of unbranched alkanes of at least 4 members (excludes halogenated alkanes) is 20. The molecule has 1 heterocycles. The van der Waals surface area contributed by atoms with Gasteiger partial charge >= 0.3 is 0 Å². The van der Waals surface area contributed by atoms with Gasteiger partial charge in [-0.1, -0.05) is 226 Å². The molecule has 1 aliphatic heterocycles. The lowest BCUT2D eigenvalue weighted by atomic mass is 9.99. The second-order valence-electron chi connectivity index (χ2n) is 19.0. The van der Waals surface area contributed by atoms with Crippen molar-refractivity contribution >= 4 is 5.91 Å². The van der Waals surface area contributed by atoms with Crippen LogP contribution in [-0.4, -0.2) is 87.5 Å². The van der Waals surface area contributed by atoms with Crippen molar-refractivity contribution in [1.82, 2.24) is 5.32 Å². The van der Waals surface area contributed by atoms with E-state index in [1.54, 1.807) is 6.08 Å². The Morgan fingerprint density at radius 1 is 0.500 bits per heavy atom. The minimum Gasteiger partial charge on any atom is -0.394 e. The normalized spacial score (nSPS) is 20.2. The Bertz CT molecular complexity index is 1460. The molecule has 9 nitrogen and oxygen atoms in total. The van der Waals surface area contributed by atoms with E-state index in [1.807, 2.05) is 6.08 Å². The maximum Gasteiger partial charge on any atom is 0.220 e. The Balaban J connectivity index is 2.15. The number of rotatable bonds is 46. The highest BCUT2D eigenvalue weighted by Gasteiger charge is 2.44. The summed E-state index contributed by atoms with van der Waals surface area (Å²) in [7, 11) is 0. The van der Waals surface area contributed by atoms with Crippen LogP contribution >= 0.6 is 0 Å². The number of carbonyl (C=O) groups is 1. The summed E-state index contributed by atoms with van der Waals surface area (Å²) in [6.07, 6.45) is 65.9. The Kier molecular flexibility index (Phi) is 45.8. The molecule has 1 amide bonds. The van der Waals surface area contributed by atoms with Crippen LogP contribution in [-0.2, 0) is 14.3 Å². The van der Waals surface area contributed by atoms with Crippen LogP contribution in [0.1, 0.15) is 213 Å². The van der Waals surface area contributed by atoms with Gasteiger partial charge in [0.25, 0.3) is 0 Å². The van der Waals surface area contributed by atoms with Gasteiger partial charge in [0.05, 0.1) is 25.4 Å². The van der Waals surface area contributed by atoms with Gasteiger partial charge in [0.15, 0.2) is 6.29 Å². The lowest BCUT2D eigenvalue weighted by Gasteiger charge is -2.40. The summed E-state index contributed by atoms with van der Waals surface area (Å²) in [5.41, 5.74) is 0. The third-order valence-electron chi connectivity index (χ3n) is 12.6. The van der Waals surface area contributed by atoms with Crippen LogP contribution in [0, 0.1) is 0 Å². The summed E-state index contributed by atoms with van der Waals surface area (Å²) in [5.74, 6) is -0.194. The number of aliphatic hydroxyl groups is 5. The van der Waals surface area contributed by atoms with Gasteiger partial charge in [-0.15, -0.1) is 0 Å². The third kappa shape index (κ3) is 38.5. The summed E-state index contributed by atoms with van der Waals surface area (Å²) in [5, 5.41) is 54.3. The molecule has 9 heteroatoms. The SMILES string of the molecule is CC/C=C\C/C=C\C/C=C\C/C=C\C/C=C\C/C=C\C/C=C\CCCCCCCCCCCCCCCC(=O)NC(COC1OC(CO)C(O)C(O)C1O)C(O)/C=C/CC/C=C/CCCCCCCC. The van der Waals surface area contributed by atoms with Gasteiger partial charge in [-0.2, -0.15) is 0 Å². The summed E-state index contributed by atoms with van der Waals surface area (Å²) in [6.45, 7) is 3.61. The van der Waals surface area contributed by atoms with Crippen LogP contribution < -0.4 is 5.32 Å². The van der Waals surface area contributed by atoms with Gasteiger partial charge in [-0.3, -0.25) is 4.79 Å². The zero-order valence-electron chi connectivity index (χ0n) is 44.2. The fourth-order valence-electron chi connectivity index (χ4n) is 8.15. The predicted octanol–water partition coefficient (Wildman–Crippen LogP) is 13.8. The van der Waals surface area contributed by atoms with Gasteiger partial charge < -0.3 is 40.3 Å². The summed E-state index contributed by atoms with van der Waals surface area (Å²) in [6, 6.07) is -0.827. The number of allylic oxidation sites excluding steroid dienone is 17. The molecule has 1 aliphatic rings. The van der Waals surface area contributed by atoms with Crippen LogP contribution in [0.15, 0.2) is 109 Å². The standard InChI is InChI=1S/C61H103NO8/c1-3-5-7-9-11-13-15-17-18-19-20-21-22-23-24-25-26-27-28-29-30-31-32-33-34-35-36-37-38-39-41-43-45-47-49-51-57(65)62-54(53-69-61-60(68)59(67)58(66)56(52-63)70-61)55(64)50-48-46-44-42-40-16-14-12-10-8-6-4-2/h5,7,11,13,17-18,20-21,23-24,26-27,29-30,40,42,48,50,54-56,58-61,63-64,66-68H,3-4,6,8-10,12,14-16,19,22,25,28,31-39,41,43-47,49,51-53H2,1-2H3,(H,62,65)/b7-5-,13-11-,18-17-,21-20-,24-23-,27-26-,30-29-,42-40+,50-48+. The Labute approximate surface area is 427 Å². The lowest BCUT2D eigenvalue weighted by molar-refractivity contribution is -0.302. The van der Waals surface area contributed by atoms with Crippen molar-refractivity contribution in [2.45, 2.75) is 256 Å². The van der Waals surface area contributed by atoms with Crippen molar-refractivity contribution in [3.8, 4) is 0 Å². The molecule has 70 heavy (non-hydrogen) atoms. The second kappa shape index (κ2) is 49.4. The zero-order chi connectivity index (χ0) is 50.8. The fourth-order valence-corrected chi connectivity index (χ4v) is 8.15.